The SMILES string of the molecule is NCc1ccc(C(=O)N2CCCC3(CCCCC3)C2)cc1. The van der Waals surface area contributed by atoms with Crippen molar-refractivity contribution in [1.82, 2.24) is 4.90 Å². The molecule has 114 valence electrons. The smallest absolute Gasteiger partial charge is 0.253 e. The van der Waals surface area contributed by atoms with Crippen molar-refractivity contribution in [3.63, 3.8) is 0 Å². The number of hydrogen-bond acceptors (Lipinski definition) is 2. The number of rotatable bonds is 2. The molecule has 3 rings (SSSR count). The Hall–Kier alpha value is -1.35. The van der Waals surface area contributed by atoms with Crippen LogP contribution in [0.3, 0.4) is 0 Å². The second kappa shape index (κ2) is 6.18. The molecule has 21 heavy (non-hydrogen) atoms. The molecule has 0 bridgehead atoms. The summed E-state index contributed by atoms with van der Waals surface area (Å²) < 4.78 is 0. The summed E-state index contributed by atoms with van der Waals surface area (Å²) >= 11 is 0. The van der Waals surface area contributed by atoms with Gasteiger partial charge in [-0.05, 0) is 48.8 Å². The molecule has 0 atom stereocenters. The van der Waals surface area contributed by atoms with E-state index < -0.39 is 0 Å². The largest absolute Gasteiger partial charge is 0.338 e. The van der Waals surface area contributed by atoms with E-state index >= 15 is 0 Å². The van der Waals surface area contributed by atoms with Gasteiger partial charge >= 0.3 is 0 Å². The Balaban J connectivity index is 1.71. The molecule has 2 aliphatic rings. The normalized spacial score (nSPS) is 21.5. The Bertz CT molecular complexity index is 483. The van der Waals surface area contributed by atoms with E-state index in [1.54, 1.807) is 0 Å². The van der Waals surface area contributed by atoms with E-state index in [0.29, 0.717) is 12.0 Å². The highest BCUT2D eigenvalue weighted by Gasteiger charge is 2.37. The van der Waals surface area contributed by atoms with E-state index in [1.807, 2.05) is 24.3 Å². The molecule has 1 spiro atoms. The summed E-state index contributed by atoms with van der Waals surface area (Å²) in [4.78, 5) is 14.8. The number of carbonyl (C=O) groups excluding carboxylic acids is 1. The number of amides is 1. The average Bonchev–Trinajstić information content (AvgIpc) is 2.55. The number of benzene rings is 1. The van der Waals surface area contributed by atoms with Crippen LogP contribution in [0.5, 0.6) is 0 Å². The first-order valence-electron chi connectivity index (χ1n) is 8.31. The zero-order valence-electron chi connectivity index (χ0n) is 12.8. The maximum atomic E-state index is 12.7. The van der Waals surface area contributed by atoms with Crippen LogP contribution < -0.4 is 5.73 Å². The summed E-state index contributed by atoms with van der Waals surface area (Å²) in [6.07, 6.45) is 9.14. The lowest BCUT2D eigenvalue weighted by molar-refractivity contribution is 0.0384. The molecule has 2 N–H and O–H groups in total. The van der Waals surface area contributed by atoms with Gasteiger partial charge in [0.1, 0.15) is 0 Å². The van der Waals surface area contributed by atoms with Gasteiger partial charge in [0.25, 0.3) is 5.91 Å². The van der Waals surface area contributed by atoms with Crippen molar-refractivity contribution >= 4 is 5.91 Å². The van der Waals surface area contributed by atoms with E-state index in [2.05, 4.69) is 4.90 Å². The minimum atomic E-state index is 0.197. The number of hydrogen-bond donors (Lipinski definition) is 1. The van der Waals surface area contributed by atoms with Crippen molar-refractivity contribution in [3.05, 3.63) is 35.4 Å². The first-order valence-corrected chi connectivity index (χ1v) is 8.31. The van der Waals surface area contributed by atoms with E-state index in [0.717, 1.165) is 30.6 Å². The molecule has 1 aliphatic heterocycles. The fourth-order valence-electron chi connectivity index (χ4n) is 4.06. The zero-order valence-corrected chi connectivity index (χ0v) is 12.8. The fraction of sp³-hybridized carbons (Fsp3) is 0.611. The Morgan fingerprint density at radius 1 is 1.05 bits per heavy atom. The van der Waals surface area contributed by atoms with Crippen molar-refractivity contribution in [2.45, 2.75) is 51.5 Å². The predicted molar refractivity (Wildman–Crippen MR) is 85.0 cm³/mol. The van der Waals surface area contributed by atoms with Crippen LogP contribution in [0, 0.1) is 5.41 Å². The summed E-state index contributed by atoms with van der Waals surface area (Å²) in [7, 11) is 0. The van der Waals surface area contributed by atoms with Crippen molar-refractivity contribution in [2.75, 3.05) is 13.1 Å². The van der Waals surface area contributed by atoms with Gasteiger partial charge in [-0.2, -0.15) is 0 Å². The third-order valence-corrected chi connectivity index (χ3v) is 5.30. The highest BCUT2D eigenvalue weighted by Crippen LogP contribution is 2.43. The van der Waals surface area contributed by atoms with E-state index in [4.69, 9.17) is 5.73 Å². The lowest BCUT2D eigenvalue weighted by atomic mass is 9.69. The molecule has 1 saturated heterocycles. The predicted octanol–water partition coefficient (Wildman–Crippen LogP) is 3.33. The molecule has 1 aromatic carbocycles. The van der Waals surface area contributed by atoms with Gasteiger partial charge in [0.15, 0.2) is 0 Å². The Morgan fingerprint density at radius 2 is 1.71 bits per heavy atom. The standard InChI is InChI=1S/C18H26N2O/c19-13-15-5-7-16(8-6-15)17(21)20-12-4-11-18(14-20)9-2-1-3-10-18/h5-8H,1-4,9-14,19H2. The molecule has 1 saturated carbocycles. The molecule has 0 radical (unpaired) electrons. The summed E-state index contributed by atoms with van der Waals surface area (Å²) in [5, 5.41) is 0. The van der Waals surface area contributed by atoms with Crippen LogP contribution in [0.2, 0.25) is 0 Å². The number of carbonyl (C=O) groups is 1. The van der Waals surface area contributed by atoms with Gasteiger partial charge in [0.2, 0.25) is 0 Å². The lowest BCUT2D eigenvalue weighted by Gasteiger charge is -2.45. The first kappa shape index (κ1) is 14.6. The van der Waals surface area contributed by atoms with E-state index in [1.165, 1.54) is 38.5 Å². The maximum absolute atomic E-state index is 12.7. The van der Waals surface area contributed by atoms with Gasteiger partial charge in [-0.3, -0.25) is 4.79 Å². The van der Waals surface area contributed by atoms with Gasteiger partial charge in [-0.15, -0.1) is 0 Å². The highest BCUT2D eigenvalue weighted by atomic mass is 16.2. The second-order valence-electron chi connectivity index (χ2n) is 6.79. The lowest BCUT2D eigenvalue weighted by Crippen LogP contribution is -2.46. The van der Waals surface area contributed by atoms with Crippen LogP contribution in [0.15, 0.2) is 24.3 Å². The average molecular weight is 286 g/mol. The number of nitrogens with two attached hydrogens (primary N) is 1. The van der Waals surface area contributed by atoms with Crippen molar-refractivity contribution in [3.8, 4) is 0 Å². The molecular formula is C18H26N2O. The van der Waals surface area contributed by atoms with Gasteiger partial charge < -0.3 is 10.6 Å². The van der Waals surface area contributed by atoms with Crippen LogP contribution in [-0.2, 0) is 6.54 Å². The van der Waals surface area contributed by atoms with Crippen molar-refractivity contribution in [1.29, 1.82) is 0 Å². The Labute approximate surface area is 127 Å². The zero-order chi connectivity index (χ0) is 14.7. The number of likely N-dealkylation sites (tertiary alicyclic amines) is 1. The second-order valence-corrected chi connectivity index (χ2v) is 6.79. The molecule has 1 aromatic rings. The molecular weight excluding hydrogens is 260 g/mol. The molecule has 3 heteroatoms. The first-order chi connectivity index (χ1) is 10.2. The maximum Gasteiger partial charge on any atom is 0.253 e. The summed E-state index contributed by atoms with van der Waals surface area (Å²) in [5.41, 5.74) is 7.92. The number of piperidine rings is 1. The van der Waals surface area contributed by atoms with Crippen LogP contribution in [0.25, 0.3) is 0 Å². The molecule has 2 fully saturated rings. The fourth-order valence-corrected chi connectivity index (χ4v) is 4.06. The van der Waals surface area contributed by atoms with E-state index in [-0.39, 0.29) is 5.91 Å². The van der Waals surface area contributed by atoms with Crippen molar-refractivity contribution < 1.29 is 4.79 Å². The molecule has 1 heterocycles. The minimum absolute atomic E-state index is 0.197. The molecule has 0 unspecified atom stereocenters. The van der Waals surface area contributed by atoms with Gasteiger partial charge in [-0.25, -0.2) is 0 Å². The topological polar surface area (TPSA) is 46.3 Å². The Morgan fingerprint density at radius 3 is 2.38 bits per heavy atom. The highest BCUT2D eigenvalue weighted by molar-refractivity contribution is 5.94. The quantitative estimate of drug-likeness (QED) is 0.906. The van der Waals surface area contributed by atoms with Crippen LogP contribution in [0.4, 0.5) is 0 Å². The molecule has 3 nitrogen and oxygen atoms in total. The van der Waals surface area contributed by atoms with Crippen LogP contribution in [0.1, 0.15) is 60.9 Å². The summed E-state index contributed by atoms with van der Waals surface area (Å²) in [5.74, 6) is 0.197. The van der Waals surface area contributed by atoms with Gasteiger partial charge in [0.05, 0.1) is 0 Å². The number of nitrogens with zero attached hydrogens (tertiary/aromatic N) is 1. The van der Waals surface area contributed by atoms with Gasteiger partial charge in [-0.1, -0.05) is 31.4 Å². The summed E-state index contributed by atoms with van der Waals surface area (Å²) in [6, 6.07) is 7.78. The van der Waals surface area contributed by atoms with Crippen LogP contribution in [-0.4, -0.2) is 23.9 Å². The molecule has 1 aliphatic carbocycles. The van der Waals surface area contributed by atoms with Crippen molar-refractivity contribution in [2.24, 2.45) is 11.1 Å². The third kappa shape index (κ3) is 3.13. The third-order valence-electron chi connectivity index (χ3n) is 5.30. The molecule has 0 aromatic heterocycles. The molecule has 1 amide bonds. The van der Waals surface area contributed by atoms with Gasteiger partial charge in [0, 0.05) is 25.2 Å². The van der Waals surface area contributed by atoms with E-state index in [9.17, 15) is 4.79 Å². The summed E-state index contributed by atoms with van der Waals surface area (Å²) in [6.45, 7) is 2.41. The minimum Gasteiger partial charge on any atom is -0.338 e. The Kier molecular flexibility index (Phi) is 4.29. The van der Waals surface area contributed by atoms with Crippen LogP contribution >= 0.6 is 0 Å². The monoisotopic (exact) mass is 286 g/mol.